The number of oxime groups is 1. The predicted molar refractivity (Wildman–Crippen MR) is 95.2 cm³/mol. The molecule has 1 aromatic heterocycles. The standard InChI is InChI=1S/C19H17FN4O/c1-24(14-16-10-6-3-7-11-16)18-17(20)13-21-19(23-18)25-22-12-15-8-4-2-5-9-15/h2-13H,14H2,1H3. The fraction of sp³-hybridized carbons (Fsp3) is 0.105. The second kappa shape index (κ2) is 8.01. The molecule has 3 rings (SSSR count). The van der Waals surface area contributed by atoms with Crippen LogP contribution in [0.3, 0.4) is 0 Å². The average Bonchev–Trinajstić information content (AvgIpc) is 2.65. The van der Waals surface area contributed by atoms with Crippen LogP contribution in [-0.4, -0.2) is 23.2 Å². The molecule has 0 saturated heterocycles. The molecular weight excluding hydrogens is 319 g/mol. The van der Waals surface area contributed by atoms with Crippen molar-refractivity contribution < 1.29 is 9.23 Å². The smallest absolute Gasteiger partial charge is 0.347 e. The molecule has 0 aliphatic rings. The molecule has 0 bridgehead atoms. The molecule has 3 aromatic rings. The third-order valence-corrected chi connectivity index (χ3v) is 3.46. The van der Waals surface area contributed by atoms with E-state index in [1.54, 1.807) is 18.2 Å². The lowest BCUT2D eigenvalue weighted by Gasteiger charge is -2.18. The van der Waals surface area contributed by atoms with Crippen LogP contribution in [0, 0.1) is 5.82 Å². The molecule has 0 aliphatic carbocycles. The van der Waals surface area contributed by atoms with Gasteiger partial charge in [-0.3, -0.25) is 0 Å². The Balaban J connectivity index is 1.70. The van der Waals surface area contributed by atoms with Gasteiger partial charge in [-0.1, -0.05) is 65.8 Å². The summed E-state index contributed by atoms with van der Waals surface area (Å²) in [6.45, 7) is 0.515. The van der Waals surface area contributed by atoms with Gasteiger partial charge in [0.15, 0.2) is 11.6 Å². The van der Waals surface area contributed by atoms with Crippen molar-refractivity contribution in [1.82, 2.24) is 9.97 Å². The molecule has 2 aromatic carbocycles. The quantitative estimate of drug-likeness (QED) is 0.509. The summed E-state index contributed by atoms with van der Waals surface area (Å²) >= 11 is 0. The predicted octanol–water partition coefficient (Wildman–Crippen LogP) is 3.67. The first-order valence-corrected chi connectivity index (χ1v) is 7.75. The van der Waals surface area contributed by atoms with Crippen LogP contribution in [-0.2, 0) is 6.54 Å². The van der Waals surface area contributed by atoms with Crippen molar-refractivity contribution in [2.75, 3.05) is 11.9 Å². The van der Waals surface area contributed by atoms with Gasteiger partial charge in [-0.15, -0.1) is 0 Å². The summed E-state index contributed by atoms with van der Waals surface area (Å²) in [5, 5.41) is 3.83. The zero-order valence-electron chi connectivity index (χ0n) is 13.7. The van der Waals surface area contributed by atoms with Crippen LogP contribution < -0.4 is 9.74 Å². The van der Waals surface area contributed by atoms with Gasteiger partial charge in [-0.25, -0.2) is 4.39 Å². The van der Waals surface area contributed by atoms with Crippen molar-refractivity contribution in [2.24, 2.45) is 5.16 Å². The highest BCUT2D eigenvalue weighted by Gasteiger charge is 2.13. The number of aromatic nitrogens is 2. The van der Waals surface area contributed by atoms with E-state index >= 15 is 0 Å². The second-order valence-electron chi connectivity index (χ2n) is 5.40. The van der Waals surface area contributed by atoms with Crippen LogP contribution in [0.15, 0.2) is 72.0 Å². The summed E-state index contributed by atoms with van der Waals surface area (Å²) < 4.78 is 14.0. The van der Waals surface area contributed by atoms with Crippen molar-refractivity contribution in [3.63, 3.8) is 0 Å². The Kier molecular flexibility index (Phi) is 5.31. The van der Waals surface area contributed by atoms with E-state index in [4.69, 9.17) is 4.84 Å². The second-order valence-corrected chi connectivity index (χ2v) is 5.40. The lowest BCUT2D eigenvalue weighted by Crippen LogP contribution is -2.19. The normalized spacial score (nSPS) is 10.8. The van der Waals surface area contributed by atoms with Gasteiger partial charge in [0, 0.05) is 13.6 Å². The first-order valence-electron chi connectivity index (χ1n) is 7.75. The minimum absolute atomic E-state index is 0.0107. The molecule has 0 spiro atoms. The highest BCUT2D eigenvalue weighted by Crippen LogP contribution is 2.19. The van der Waals surface area contributed by atoms with Crippen molar-refractivity contribution in [1.29, 1.82) is 0 Å². The van der Waals surface area contributed by atoms with E-state index in [0.29, 0.717) is 6.54 Å². The molecular formula is C19H17FN4O. The zero-order chi connectivity index (χ0) is 17.5. The van der Waals surface area contributed by atoms with Crippen LogP contribution >= 0.6 is 0 Å². The van der Waals surface area contributed by atoms with Gasteiger partial charge in [-0.2, -0.15) is 9.97 Å². The van der Waals surface area contributed by atoms with Gasteiger partial charge in [0.25, 0.3) is 0 Å². The molecule has 0 aliphatic heterocycles. The Morgan fingerprint density at radius 3 is 2.48 bits per heavy atom. The zero-order valence-corrected chi connectivity index (χ0v) is 13.7. The maximum atomic E-state index is 14.0. The monoisotopic (exact) mass is 336 g/mol. The van der Waals surface area contributed by atoms with Gasteiger partial charge in [0.05, 0.1) is 12.4 Å². The molecule has 126 valence electrons. The number of benzene rings is 2. The van der Waals surface area contributed by atoms with Crippen molar-refractivity contribution in [3.8, 4) is 6.01 Å². The third kappa shape index (κ3) is 4.60. The van der Waals surface area contributed by atoms with Gasteiger partial charge in [0.2, 0.25) is 0 Å². The third-order valence-electron chi connectivity index (χ3n) is 3.46. The molecule has 0 radical (unpaired) electrons. The van der Waals surface area contributed by atoms with Crippen LogP contribution in [0.1, 0.15) is 11.1 Å². The molecule has 1 heterocycles. The summed E-state index contributed by atoms with van der Waals surface area (Å²) in [6.07, 6.45) is 2.62. The van der Waals surface area contributed by atoms with Crippen LogP contribution in [0.25, 0.3) is 0 Å². The molecule has 6 heteroatoms. The summed E-state index contributed by atoms with van der Waals surface area (Å²) in [5.74, 6) is -0.360. The number of hydrogen-bond acceptors (Lipinski definition) is 5. The van der Waals surface area contributed by atoms with E-state index in [-0.39, 0.29) is 11.8 Å². The summed E-state index contributed by atoms with van der Waals surface area (Å²) in [7, 11) is 1.76. The molecule has 0 saturated carbocycles. The lowest BCUT2D eigenvalue weighted by molar-refractivity contribution is 0.313. The maximum absolute atomic E-state index is 14.0. The molecule has 0 fully saturated rings. The minimum Gasteiger partial charge on any atom is -0.353 e. The van der Waals surface area contributed by atoms with Gasteiger partial charge >= 0.3 is 6.01 Å². The largest absolute Gasteiger partial charge is 0.353 e. The fourth-order valence-electron chi connectivity index (χ4n) is 2.26. The number of halogens is 1. The van der Waals surface area contributed by atoms with Gasteiger partial charge in [0.1, 0.15) is 0 Å². The molecule has 0 atom stereocenters. The maximum Gasteiger partial charge on any atom is 0.347 e. The highest BCUT2D eigenvalue weighted by atomic mass is 19.1. The number of nitrogens with zero attached hydrogens (tertiary/aromatic N) is 4. The number of rotatable bonds is 6. The Labute approximate surface area is 145 Å². The van der Waals surface area contributed by atoms with E-state index < -0.39 is 5.82 Å². The van der Waals surface area contributed by atoms with E-state index in [0.717, 1.165) is 17.3 Å². The summed E-state index contributed by atoms with van der Waals surface area (Å²) in [4.78, 5) is 14.8. The summed E-state index contributed by atoms with van der Waals surface area (Å²) in [5.41, 5.74) is 1.93. The Bertz CT molecular complexity index is 841. The van der Waals surface area contributed by atoms with Crippen LogP contribution in [0.2, 0.25) is 0 Å². The fourth-order valence-corrected chi connectivity index (χ4v) is 2.26. The van der Waals surface area contributed by atoms with Gasteiger partial charge in [-0.05, 0) is 11.1 Å². The van der Waals surface area contributed by atoms with Gasteiger partial charge < -0.3 is 9.74 Å². The SMILES string of the molecule is CN(Cc1ccccc1)c1nc(ON=Cc2ccccc2)ncc1F. The molecule has 5 nitrogen and oxygen atoms in total. The van der Waals surface area contributed by atoms with E-state index in [1.807, 2.05) is 60.7 Å². The Hall–Kier alpha value is -3.28. The molecule has 25 heavy (non-hydrogen) atoms. The summed E-state index contributed by atoms with van der Waals surface area (Å²) in [6, 6.07) is 19.2. The van der Waals surface area contributed by atoms with E-state index in [1.165, 1.54) is 0 Å². The molecule has 0 N–H and O–H groups in total. The molecule has 0 unspecified atom stereocenters. The van der Waals surface area contributed by atoms with Crippen molar-refractivity contribution >= 4 is 12.0 Å². The highest BCUT2D eigenvalue weighted by molar-refractivity contribution is 5.78. The Morgan fingerprint density at radius 1 is 1.08 bits per heavy atom. The van der Waals surface area contributed by atoms with Crippen molar-refractivity contribution in [3.05, 3.63) is 83.8 Å². The molecule has 0 amide bonds. The lowest BCUT2D eigenvalue weighted by atomic mass is 10.2. The first-order chi connectivity index (χ1) is 12.2. The number of hydrogen-bond donors (Lipinski definition) is 0. The van der Waals surface area contributed by atoms with Crippen molar-refractivity contribution in [2.45, 2.75) is 6.54 Å². The number of anilines is 1. The van der Waals surface area contributed by atoms with E-state index in [2.05, 4.69) is 15.1 Å². The average molecular weight is 336 g/mol. The van der Waals surface area contributed by atoms with E-state index in [9.17, 15) is 4.39 Å². The Morgan fingerprint density at radius 2 is 1.76 bits per heavy atom. The van der Waals surface area contributed by atoms with Crippen LogP contribution in [0.4, 0.5) is 10.2 Å². The first kappa shape index (κ1) is 16.6. The topological polar surface area (TPSA) is 50.6 Å². The minimum atomic E-state index is -0.516. The van der Waals surface area contributed by atoms with Crippen LogP contribution in [0.5, 0.6) is 6.01 Å².